The molecule has 2 rings (SSSR count). The molecule has 0 spiro atoms. The average molecular weight is 358 g/mol. The predicted molar refractivity (Wildman–Crippen MR) is 85.1 cm³/mol. The number of alkyl halides is 3. The van der Waals surface area contributed by atoms with Gasteiger partial charge in [0.05, 0.1) is 5.41 Å². The van der Waals surface area contributed by atoms with Gasteiger partial charge >= 0.3 is 18.2 Å². The zero-order valence-electron chi connectivity index (χ0n) is 13.8. The van der Waals surface area contributed by atoms with Crippen LogP contribution in [0, 0.1) is 5.41 Å². The van der Waals surface area contributed by atoms with E-state index in [-0.39, 0.29) is 32.4 Å². The first-order chi connectivity index (χ1) is 11.6. The number of carboxylic acids is 1. The summed E-state index contributed by atoms with van der Waals surface area (Å²) in [6.45, 7) is 1.51. The van der Waals surface area contributed by atoms with Crippen LogP contribution in [-0.4, -0.2) is 47.3 Å². The summed E-state index contributed by atoms with van der Waals surface area (Å²) in [6, 6.07) is 5.87. The van der Waals surface area contributed by atoms with Crippen LogP contribution in [0.3, 0.4) is 0 Å². The first-order valence-electron chi connectivity index (χ1n) is 8.01. The summed E-state index contributed by atoms with van der Waals surface area (Å²) in [5.41, 5.74) is -0.361. The zero-order valence-corrected chi connectivity index (χ0v) is 13.8. The Balaban J connectivity index is 1.98. The molecule has 8 heteroatoms. The summed E-state index contributed by atoms with van der Waals surface area (Å²) in [7, 11) is 0. The lowest BCUT2D eigenvalue weighted by molar-refractivity contribution is -0.155. The minimum absolute atomic E-state index is 0.0998. The molecule has 0 aliphatic carbocycles. The van der Waals surface area contributed by atoms with Crippen molar-refractivity contribution in [3.05, 3.63) is 35.9 Å². The second-order valence-electron chi connectivity index (χ2n) is 6.61. The van der Waals surface area contributed by atoms with Gasteiger partial charge < -0.3 is 15.3 Å². The third-order valence-corrected chi connectivity index (χ3v) is 4.53. The lowest BCUT2D eigenvalue weighted by Crippen LogP contribution is -2.50. The number of nitrogens with one attached hydrogen (secondary N) is 1. The molecule has 0 radical (unpaired) electrons. The third-order valence-electron chi connectivity index (χ3n) is 4.53. The smallest absolute Gasteiger partial charge is 0.408 e. The van der Waals surface area contributed by atoms with Crippen LogP contribution >= 0.6 is 0 Å². The summed E-state index contributed by atoms with van der Waals surface area (Å²) >= 11 is 0. The number of halogens is 3. The molecule has 1 aliphatic heterocycles. The van der Waals surface area contributed by atoms with E-state index in [0.29, 0.717) is 0 Å². The molecule has 0 aromatic heterocycles. The lowest BCUT2D eigenvalue weighted by Gasteiger charge is -2.26. The number of likely N-dealkylation sites (tertiary alicyclic amines) is 1. The number of urea groups is 1. The van der Waals surface area contributed by atoms with Gasteiger partial charge in [0.25, 0.3) is 0 Å². The highest BCUT2D eigenvalue weighted by Gasteiger charge is 2.45. The summed E-state index contributed by atoms with van der Waals surface area (Å²) in [5.74, 6) is -1.06. The molecule has 1 aromatic rings. The first-order valence-corrected chi connectivity index (χ1v) is 8.01. The Kier molecular flexibility index (Phi) is 5.59. The number of amides is 2. The zero-order chi connectivity index (χ0) is 18.7. The molecular formula is C17H21F3N2O3. The van der Waals surface area contributed by atoms with Gasteiger partial charge in [0.15, 0.2) is 0 Å². The Morgan fingerprint density at radius 2 is 1.96 bits per heavy atom. The van der Waals surface area contributed by atoms with Crippen LogP contribution in [0.5, 0.6) is 0 Å². The monoisotopic (exact) mass is 358 g/mol. The predicted octanol–water partition coefficient (Wildman–Crippen LogP) is 3.06. The molecule has 2 atom stereocenters. The highest BCUT2D eigenvalue weighted by atomic mass is 19.4. The number of carbonyl (C=O) groups excluding carboxylic acids is 1. The van der Waals surface area contributed by atoms with Gasteiger partial charge in [-0.25, -0.2) is 4.79 Å². The van der Waals surface area contributed by atoms with Crippen LogP contribution in [-0.2, 0) is 11.2 Å². The van der Waals surface area contributed by atoms with E-state index in [9.17, 15) is 22.8 Å². The third kappa shape index (κ3) is 4.87. The summed E-state index contributed by atoms with van der Waals surface area (Å²) in [4.78, 5) is 24.5. The summed E-state index contributed by atoms with van der Waals surface area (Å²) in [6.07, 6.45) is -4.45. The summed E-state index contributed by atoms with van der Waals surface area (Å²) in [5, 5.41) is 11.2. The van der Waals surface area contributed by atoms with Gasteiger partial charge in [0.2, 0.25) is 0 Å². The quantitative estimate of drug-likeness (QED) is 0.850. The van der Waals surface area contributed by atoms with Crippen LogP contribution in [0.4, 0.5) is 18.0 Å². The van der Waals surface area contributed by atoms with Crippen molar-refractivity contribution < 1.29 is 27.9 Å². The van der Waals surface area contributed by atoms with Gasteiger partial charge in [0.1, 0.15) is 6.04 Å². The van der Waals surface area contributed by atoms with Gasteiger partial charge in [-0.3, -0.25) is 4.79 Å². The molecule has 1 fully saturated rings. The molecule has 5 nitrogen and oxygen atoms in total. The van der Waals surface area contributed by atoms with Crippen LogP contribution in [0.1, 0.15) is 25.3 Å². The summed E-state index contributed by atoms with van der Waals surface area (Å²) < 4.78 is 39.7. The van der Waals surface area contributed by atoms with E-state index in [1.807, 2.05) is 5.32 Å². The van der Waals surface area contributed by atoms with E-state index >= 15 is 0 Å². The number of nitrogens with zero attached hydrogens (tertiary/aromatic N) is 1. The van der Waals surface area contributed by atoms with Crippen molar-refractivity contribution in [2.24, 2.45) is 5.41 Å². The first kappa shape index (κ1) is 19.1. The number of benzene rings is 1. The Labute approximate surface area is 143 Å². The van der Waals surface area contributed by atoms with E-state index < -0.39 is 29.6 Å². The molecule has 2 unspecified atom stereocenters. The Bertz CT molecular complexity index is 621. The van der Waals surface area contributed by atoms with E-state index in [1.165, 1.54) is 6.92 Å². The maximum atomic E-state index is 13.2. The molecule has 1 aromatic carbocycles. The molecule has 1 aliphatic rings. The van der Waals surface area contributed by atoms with E-state index in [2.05, 4.69) is 0 Å². The van der Waals surface area contributed by atoms with Crippen LogP contribution in [0.15, 0.2) is 30.3 Å². The van der Waals surface area contributed by atoms with Gasteiger partial charge in [-0.05, 0) is 31.7 Å². The molecule has 1 heterocycles. The number of hydrogen-bond acceptors (Lipinski definition) is 2. The number of aliphatic carboxylic acids is 1. The van der Waals surface area contributed by atoms with Crippen molar-refractivity contribution in [2.45, 2.75) is 38.4 Å². The standard InChI is InChI=1S/C17H21F3N2O3/c1-16(14(23)24)9-10-22(11-16)15(25)21-13(17(18,19)20)8-7-12-5-3-2-4-6-12/h2-6,13H,7-11H2,1H3,(H,21,25)(H,23,24). The topological polar surface area (TPSA) is 69.6 Å². The van der Waals surface area contributed by atoms with Gasteiger partial charge in [-0.1, -0.05) is 30.3 Å². The van der Waals surface area contributed by atoms with Crippen LogP contribution in [0.25, 0.3) is 0 Å². The number of carboxylic acid groups (broad SMARTS) is 1. The highest BCUT2D eigenvalue weighted by molar-refractivity contribution is 5.79. The number of aryl methyl sites for hydroxylation is 1. The second kappa shape index (κ2) is 7.33. The lowest BCUT2D eigenvalue weighted by atomic mass is 9.90. The molecule has 0 bridgehead atoms. The molecule has 0 saturated carbocycles. The number of carbonyl (C=O) groups is 2. The second-order valence-corrected chi connectivity index (χ2v) is 6.61. The highest BCUT2D eigenvalue weighted by Crippen LogP contribution is 2.31. The van der Waals surface area contributed by atoms with Crippen molar-refractivity contribution in [3.63, 3.8) is 0 Å². The van der Waals surface area contributed by atoms with Crippen molar-refractivity contribution in [3.8, 4) is 0 Å². The minimum atomic E-state index is -4.57. The van der Waals surface area contributed by atoms with Gasteiger partial charge in [0, 0.05) is 13.1 Å². The van der Waals surface area contributed by atoms with Crippen molar-refractivity contribution >= 4 is 12.0 Å². The maximum absolute atomic E-state index is 13.2. The van der Waals surface area contributed by atoms with Gasteiger partial charge in [-0.2, -0.15) is 13.2 Å². The fourth-order valence-electron chi connectivity index (χ4n) is 2.82. The average Bonchev–Trinajstić information content (AvgIpc) is 2.95. The number of hydrogen-bond donors (Lipinski definition) is 2. The molecule has 2 amide bonds. The Morgan fingerprint density at radius 1 is 1.32 bits per heavy atom. The molecule has 138 valence electrons. The molecule has 1 saturated heterocycles. The van der Waals surface area contributed by atoms with E-state index in [1.54, 1.807) is 30.3 Å². The fraction of sp³-hybridized carbons (Fsp3) is 0.529. The van der Waals surface area contributed by atoms with E-state index in [0.717, 1.165) is 10.5 Å². The fourth-order valence-corrected chi connectivity index (χ4v) is 2.82. The molecule has 2 N–H and O–H groups in total. The minimum Gasteiger partial charge on any atom is -0.481 e. The Hall–Kier alpha value is -2.25. The van der Waals surface area contributed by atoms with Crippen molar-refractivity contribution in [1.29, 1.82) is 0 Å². The molecular weight excluding hydrogens is 337 g/mol. The number of rotatable bonds is 5. The van der Waals surface area contributed by atoms with Crippen molar-refractivity contribution in [2.75, 3.05) is 13.1 Å². The largest absolute Gasteiger partial charge is 0.481 e. The molecule has 25 heavy (non-hydrogen) atoms. The maximum Gasteiger partial charge on any atom is 0.408 e. The van der Waals surface area contributed by atoms with Crippen molar-refractivity contribution in [1.82, 2.24) is 10.2 Å². The Morgan fingerprint density at radius 3 is 2.48 bits per heavy atom. The van der Waals surface area contributed by atoms with Gasteiger partial charge in [-0.15, -0.1) is 0 Å². The normalized spacial score (nSPS) is 21.8. The van der Waals surface area contributed by atoms with Crippen LogP contribution in [0.2, 0.25) is 0 Å². The van der Waals surface area contributed by atoms with E-state index in [4.69, 9.17) is 5.11 Å². The van der Waals surface area contributed by atoms with Crippen LogP contribution < -0.4 is 5.32 Å². The SMILES string of the molecule is CC1(C(=O)O)CCN(C(=O)NC(CCc2ccccc2)C(F)(F)F)C1.